The van der Waals surface area contributed by atoms with E-state index in [0.717, 1.165) is 12.1 Å². The lowest BCUT2D eigenvalue weighted by molar-refractivity contribution is 0.0691. The molecule has 0 bridgehead atoms. The van der Waals surface area contributed by atoms with Gasteiger partial charge in [0.25, 0.3) is 0 Å². The van der Waals surface area contributed by atoms with Gasteiger partial charge in [-0.1, -0.05) is 0 Å². The molecule has 0 unspecified atom stereocenters. The highest BCUT2D eigenvalue weighted by Crippen LogP contribution is 2.16. The Kier molecular flexibility index (Phi) is 3.39. The number of aromatic carboxylic acids is 1. The smallest absolute Gasteiger partial charge is 0.338 e. The van der Waals surface area contributed by atoms with Crippen LogP contribution in [-0.4, -0.2) is 24.4 Å². The molecule has 0 amide bonds. The Morgan fingerprint density at radius 3 is 2.79 bits per heavy atom. The van der Waals surface area contributed by atoms with Crippen LogP contribution in [0.3, 0.4) is 0 Å². The average molecular weight is 202 g/mol. The summed E-state index contributed by atoms with van der Waals surface area (Å²) >= 11 is 0. The quantitative estimate of drug-likeness (QED) is 0.810. The van der Waals surface area contributed by atoms with Gasteiger partial charge in [-0.3, -0.25) is 0 Å². The first kappa shape index (κ1) is 10.4. The van der Waals surface area contributed by atoms with Gasteiger partial charge < -0.3 is 9.84 Å². The lowest BCUT2D eigenvalue weighted by atomic mass is 10.2. The third kappa shape index (κ3) is 2.42. The first-order chi connectivity index (χ1) is 6.65. The zero-order chi connectivity index (χ0) is 10.6. The van der Waals surface area contributed by atoms with Crippen molar-refractivity contribution >= 4 is 5.97 Å². The fourth-order valence-electron chi connectivity index (χ4n) is 0.914. The largest absolute Gasteiger partial charge is 0.491 e. The predicted molar refractivity (Wildman–Crippen MR) is 44.8 cm³/mol. The van der Waals surface area contributed by atoms with E-state index in [0.29, 0.717) is 0 Å². The summed E-state index contributed by atoms with van der Waals surface area (Å²) in [7, 11) is 0. The summed E-state index contributed by atoms with van der Waals surface area (Å²) < 4.78 is 29.3. The second-order valence-electron chi connectivity index (χ2n) is 2.48. The highest BCUT2D eigenvalue weighted by molar-refractivity contribution is 5.88. The Morgan fingerprint density at radius 2 is 2.21 bits per heavy atom. The van der Waals surface area contributed by atoms with Crippen LogP contribution < -0.4 is 4.74 Å². The molecule has 0 saturated carbocycles. The molecule has 0 heterocycles. The van der Waals surface area contributed by atoms with Gasteiger partial charge in [-0.25, -0.2) is 13.6 Å². The Labute approximate surface area is 78.9 Å². The molecular weight excluding hydrogens is 194 g/mol. The number of alkyl halides is 1. The Balaban J connectivity index is 2.89. The highest BCUT2D eigenvalue weighted by Gasteiger charge is 2.10. The van der Waals surface area contributed by atoms with Gasteiger partial charge in [-0.15, -0.1) is 0 Å². The summed E-state index contributed by atoms with van der Waals surface area (Å²) in [6.07, 6.45) is 0. The van der Waals surface area contributed by atoms with Gasteiger partial charge in [0.1, 0.15) is 24.8 Å². The molecule has 76 valence electrons. The molecular formula is C9H8F2O3. The van der Waals surface area contributed by atoms with Crippen molar-refractivity contribution in [3.63, 3.8) is 0 Å². The van der Waals surface area contributed by atoms with Gasteiger partial charge in [0, 0.05) is 0 Å². The standard InChI is InChI=1S/C9H8F2O3/c10-3-4-14-6-1-2-8(11)7(5-6)9(12)13/h1-2,5H,3-4H2,(H,12,13). The topological polar surface area (TPSA) is 46.5 Å². The molecule has 0 aliphatic heterocycles. The van der Waals surface area contributed by atoms with Crippen molar-refractivity contribution in [2.24, 2.45) is 0 Å². The maximum absolute atomic E-state index is 12.8. The van der Waals surface area contributed by atoms with E-state index in [9.17, 15) is 13.6 Å². The molecule has 1 aromatic rings. The van der Waals surface area contributed by atoms with E-state index in [1.165, 1.54) is 6.07 Å². The molecule has 1 rings (SSSR count). The SMILES string of the molecule is O=C(O)c1cc(OCCF)ccc1F. The van der Waals surface area contributed by atoms with Crippen LogP contribution in [0.25, 0.3) is 0 Å². The van der Waals surface area contributed by atoms with Crippen molar-refractivity contribution in [2.45, 2.75) is 0 Å². The third-order valence-electron chi connectivity index (χ3n) is 1.51. The zero-order valence-electron chi connectivity index (χ0n) is 7.17. The average Bonchev–Trinajstić information content (AvgIpc) is 2.16. The van der Waals surface area contributed by atoms with Gasteiger partial charge in [0.2, 0.25) is 0 Å². The van der Waals surface area contributed by atoms with Crippen LogP contribution in [-0.2, 0) is 0 Å². The van der Waals surface area contributed by atoms with Gasteiger partial charge in [0.05, 0.1) is 5.56 Å². The summed E-state index contributed by atoms with van der Waals surface area (Å²) in [5.74, 6) is -2.08. The molecule has 0 atom stereocenters. The molecule has 0 aliphatic carbocycles. The van der Waals surface area contributed by atoms with Gasteiger partial charge in [0.15, 0.2) is 0 Å². The highest BCUT2D eigenvalue weighted by atomic mass is 19.1. The van der Waals surface area contributed by atoms with E-state index in [-0.39, 0.29) is 12.4 Å². The van der Waals surface area contributed by atoms with E-state index < -0.39 is 24.0 Å². The van der Waals surface area contributed by atoms with Gasteiger partial charge in [-0.05, 0) is 18.2 Å². The van der Waals surface area contributed by atoms with Gasteiger partial charge >= 0.3 is 5.97 Å². The van der Waals surface area contributed by atoms with E-state index in [1.54, 1.807) is 0 Å². The summed E-state index contributed by atoms with van der Waals surface area (Å²) in [4.78, 5) is 10.5. The normalized spacial score (nSPS) is 9.86. The summed E-state index contributed by atoms with van der Waals surface area (Å²) in [6, 6.07) is 3.24. The van der Waals surface area contributed by atoms with Crippen LogP contribution in [0.4, 0.5) is 8.78 Å². The lowest BCUT2D eigenvalue weighted by Crippen LogP contribution is -2.03. The molecule has 0 radical (unpaired) electrons. The maximum atomic E-state index is 12.8. The summed E-state index contributed by atoms with van der Waals surface area (Å²) in [5, 5.41) is 8.55. The molecule has 0 aliphatic rings. The van der Waals surface area contributed by atoms with Crippen LogP contribution in [0.1, 0.15) is 10.4 Å². The molecule has 1 aromatic carbocycles. The third-order valence-corrected chi connectivity index (χ3v) is 1.51. The number of hydrogen-bond donors (Lipinski definition) is 1. The fraction of sp³-hybridized carbons (Fsp3) is 0.222. The molecule has 1 N–H and O–H groups in total. The van der Waals surface area contributed by atoms with Gasteiger partial charge in [-0.2, -0.15) is 0 Å². The Hall–Kier alpha value is -1.65. The molecule has 0 saturated heterocycles. The Morgan fingerprint density at radius 1 is 1.50 bits per heavy atom. The van der Waals surface area contributed by atoms with Crippen LogP contribution in [0.2, 0.25) is 0 Å². The van der Waals surface area contributed by atoms with Crippen molar-refractivity contribution in [1.29, 1.82) is 0 Å². The van der Waals surface area contributed by atoms with Crippen LogP contribution >= 0.6 is 0 Å². The molecule has 3 nitrogen and oxygen atoms in total. The summed E-state index contributed by atoms with van der Waals surface area (Å²) in [5.41, 5.74) is -0.485. The maximum Gasteiger partial charge on any atom is 0.338 e. The Bertz CT molecular complexity index is 339. The van der Waals surface area contributed by atoms with Crippen molar-refractivity contribution < 1.29 is 23.4 Å². The predicted octanol–water partition coefficient (Wildman–Crippen LogP) is 1.87. The van der Waals surface area contributed by atoms with Crippen LogP contribution in [0.5, 0.6) is 5.75 Å². The molecule has 0 spiro atoms. The molecule has 5 heteroatoms. The summed E-state index contributed by atoms with van der Waals surface area (Å²) in [6.45, 7) is -0.857. The van der Waals surface area contributed by atoms with Crippen molar-refractivity contribution in [2.75, 3.05) is 13.3 Å². The molecule has 0 fully saturated rings. The van der Waals surface area contributed by atoms with Crippen molar-refractivity contribution in [3.8, 4) is 5.75 Å². The lowest BCUT2D eigenvalue weighted by Gasteiger charge is -2.04. The molecule has 0 aromatic heterocycles. The molecule has 14 heavy (non-hydrogen) atoms. The number of carboxylic acids is 1. The van der Waals surface area contributed by atoms with Crippen molar-refractivity contribution in [3.05, 3.63) is 29.6 Å². The minimum absolute atomic E-state index is 0.140. The first-order valence-electron chi connectivity index (χ1n) is 3.86. The van der Waals surface area contributed by atoms with E-state index >= 15 is 0 Å². The second kappa shape index (κ2) is 4.55. The zero-order valence-corrected chi connectivity index (χ0v) is 7.17. The number of benzene rings is 1. The number of halogens is 2. The minimum Gasteiger partial charge on any atom is -0.491 e. The van der Waals surface area contributed by atoms with E-state index in [4.69, 9.17) is 9.84 Å². The number of hydrogen-bond acceptors (Lipinski definition) is 2. The number of ether oxygens (including phenoxy) is 1. The van der Waals surface area contributed by atoms with E-state index in [2.05, 4.69) is 0 Å². The van der Waals surface area contributed by atoms with Crippen LogP contribution in [0, 0.1) is 5.82 Å². The van der Waals surface area contributed by atoms with Crippen molar-refractivity contribution in [1.82, 2.24) is 0 Å². The second-order valence-corrected chi connectivity index (χ2v) is 2.48. The monoisotopic (exact) mass is 202 g/mol. The van der Waals surface area contributed by atoms with E-state index in [1.807, 2.05) is 0 Å². The fourth-order valence-corrected chi connectivity index (χ4v) is 0.914. The van der Waals surface area contributed by atoms with Crippen LogP contribution in [0.15, 0.2) is 18.2 Å². The first-order valence-corrected chi connectivity index (χ1v) is 3.86. The number of carboxylic acid groups (broad SMARTS) is 1. The number of rotatable bonds is 4. The number of carbonyl (C=O) groups is 1. The minimum atomic E-state index is -1.38.